The molecule has 100 valence electrons. The Balaban J connectivity index is 1.75. The van der Waals surface area contributed by atoms with Crippen molar-refractivity contribution in [2.24, 2.45) is 11.8 Å². The zero-order valence-corrected chi connectivity index (χ0v) is 11.9. The van der Waals surface area contributed by atoms with Crippen molar-refractivity contribution in [1.29, 1.82) is 0 Å². The molecule has 4 heteroatoms. The van der Waals surface area contributed by atoms with Crippen molar-refractivity contribution in [2.75, 3.05) is 5.32 Å². The van der Waals surface area contributed by atoms with Gasteiger partial charge in [0.15, 0.2) is 5.13 Å². The summed E-state index contributed by atoms with van der Waals surface area (Å²) >= 11 is 1.55. The fraction of sp³-hybridized carbons (Fsp3) is 0.467. The molecule has 0 spiro atoms. The molecule has 1 heterocycles. The lowest BCUT2D eigenvalue weighted by Crippen LogP contribution is -2.30. The van der Waals surface area contributed by atoms with Gasteiger partial charge >= 0.3 is 0 Å². The van der Waals surface area contributed by atoms with Crippen LogP contribution in [0.25, 0.3) is 10.2 Å². The van der Waals surface area contributed by atoms with Crippen molar-refractivity contribution < 1.29 is 4.79 Å². The highest BCUT2D eigenvalue weighted by atomic mass is 32.1. The van der Waals surface area contributed by atoms with E-state index in [0.717, 1.165) is 28.2 Å². The lowest BCUT2D eigenvalue weighted by Gasteiger charge is -2.27. The molecule has 1 aromatic carbocycles. The molecule has 19 heavy (non-hydrogen) atoms. The number of thiazole rings is 1. The van der Waals surface area contributed by atoms with Crippen LogP contribution in [0.4, 0.5) is 5.13 Å². The Hall–Kier alpha value is -1.42. The molecule has 1 aromatic heterocycles. The average Bonchev–Trinajstić information content (AvgIpc) is 2.81. The zero-order chi connectivity index (χ0) is 13.2. The fourth-order valence-corrected chi connectivity index (χ4v) is 3.70. The molecule has 0 bridgehead atoms. The van der Waals surface area contributed by atoms with E-state index < -0.39 is 0 Å². The molecule has 3 nitrogen and oxygen atoms in total. The Morgan fingerprint density at radius 3 is 2.89 bits per heavy atom. The monoisotopic (exact) mass is 274 g/mol. The summed E-state index contributed by atoms with van der Waals surface area (Å²) in [5, 5.41) is 3.73. The lowest BCUT2D eigenvalue weighted by molar-refractivity contribution is -0.122. The summed E-state index contributed by atoms with van der Waals surface area (Å²) in [4.78, 5) is 16.8. The van der Waals surface area contributed by atoms with Gasteiger partial charge in [0.25, 0.3) is 0 Å². The minimum atomic E-state index is 0.145. The number of hydrogen-bond donors (Lipinski definition) is 1. The Morgan fingerprint density at radius 1 is 1.32 bits per heavy atom. The molecule has 1 fully saturated rings. The Bertz CT molecular complexity index is 560. The van der Waals surface area contributed by atoms with Crippen molar-refractivity contribution in [2.45, 2.75) is 32.6 Å². The maximum Gasteiger partial charge on any atom is 0.229 e. The number of aromatic nitrogens is 1. The Morgan fingerprint density at radius 2 is 2.11 bits per heavy atom. The second-order valence-corrected chi connectivity index (χ2v) is 6.37. The van der Waals surface area contributed by atoms with Gasteiger partial charge in [-0.25, -0.2) is 4.98 Å². The standard InChI is InChI=1S/C15H18N2OS/c1-10-6-2-3-7-11(10)14(18)17-15-16-12-8-4-5-9-13(12)19-15/h4-5,8-11H,2-3,6-7H2,1H3,(H,16,17,18). The number of hydrogen-bond acceptors (Lipinski definition) is 3. The van der Waals surface area contributed by atoms with E-state index in [1.807, 2.05) is 24.3 Å². The summed E-state index contributed by atoms with van der Waals surface area (Å²) < 4.78 is 1.12. The molecular weight excluding hydrogens is 256 g/mol. The quantitative estimate of drug-likeness (QED) is 0.897. The molecule has 0 saturated heterocycles. The van der Waals surface area contributed by atoms with E-state index in [1.54, 1.807) is 11.3 Å². The second kappa shape index (κ2) is 5.29. The van der Waals surface area contributed by atoms with Crippen molar-refractivity contribution >= 4 is 32.6 Å². The molecule has 2 unspecified atom stereocenters. The van der Waals surface area contributed by atoms with Gasteiger partial charge < -0.3 is 5.32 Å². The maximum atomic E-state index is 12.3. The summed E-state index contributed by atoms with van der Waals surface area (Å²) in [5.41, 5.74) is 0.958. The normalized spacial score (nSPS) is 23.4. The first kappa shape index (κ1) is 12.6. The topological polar surface area (TPSA) is 42.0 Å². The smallest absolute Gasteiger partial charge is 0.229 e. The molecule has 1 saturated carbocycles. The van der Waals surface area contributed by atoms with Crippen molar-refractivity contribution in [3.63, 3.8) is 0 Å². The molecule has 1 aliphatic rings. The van der Waals surface area contributed by atoms with E-state index >= 15 is 0 Å². The van der Waals surface area contributed by atoms with Crippen molar-refractivity contribution in [1.82, 2.24) is 4.98 Å². The van der Waals surface area contributed by atoms with Crippen LogP contribution in [0, 0.1) is 11.8 Å². The largest absolute Gasteiger partial charge is 0.302 e. The number of carbonyl (C=O) groups excluding carboxylic acids is 1. The minimum Gasteiger partial charge on any atom is -0.302 e. The summed E-state index contributed by atoms with van der Waals surface area (Å²) in [6.45, 7) is 2.18. The molecule has 2 aromatic rings. The van der Waals surface area contributed by atoms with E-state index in [1.165, 1.54) is 12.8 Å². The van der Waals surface area contributed by atoms with Gasteiger partial charge in [-0.1, -0.05) is 43.2 Å². The fourth-order valence-electron chi connectivity index (χ4n) is 2.83. The van der Waals surface area contributed by atoms with Crippen molar-refractivity contribution in [3.05, 3.63) is 24.3 Å². The van der Waals surface area contributed by atoms with Crippen LogP contribution in [0.3, 0.4) is 0 Å². The van der Waals surface area contributed by atoms with E-state index in [0.29, 0.717) is 5.92 Å². The minimum absolute atomic E-state index is 0.145. The Labute approximate surface area is 117 Å². The number of fused-ring (bicyclic) bond motifs is 1. The third kappa shape index (κ3) is 2.63. The summed E-state index contributed by atoms with van der Waals surface area (Å²) in [5.74, 6) is 0.787. The zero-order valence-electron chi connectivity index (χ0n) is 11.1. The molecule has 1 amide bonds. The van der Waals surface area contributed by atoms with Crippen LogP contribution in [0.15, 0.2) is 24.3 Å². The first-order valence-corrected chi connectivity index (χ1v) is 7.72. The summed E-state index contributed by atoms with van der Waals surface area (Å²) in [6, 6.07) is 7.98. The molecule has 1 aliphatic carbocycles. The van der Waals surface area contributed by atoms with E-state index in [4.69, 9.17) is 0 Å². The van der Waals surface area contributed by atoms with E-state index in [-0.39, 0.29) is 11.8 Å². The van der Waals surface area contributed by atoms with Gasteiger partial charge in [0.1, 0.15) is 0 Å². The third-order valence-electron chi connectivity index (χ3n) is 3.97. The summed E-state index contributed by atoms with van der Waals surface area (Å²) in [6.07, 6.45) is 4.60. The van der Waals surface area contributed by atoms with Gasteiger partial charge in [0, 0.05) is 5.92 Å². The van der Waals surface area contributed by atoms with Crippen LogP contribution in [0.2, 0.25) is 0 Å². The van der Waals surface area contributed by atoms with Crippen LogP contribution in [0.1, 0.15) is 32.6 Å². The number of nitrogens with zero attached hydrogens (tertiary/aromatic N) is 1. The number of rotatable bonds is 2. The highest BCUT2D eigenvalue weighted by Gasteiger charge is 2.28. The maximum absolute atomic E-state index is 12.3. The average molecular weight is 274 g/mol. The second-order valence-electron chi connectivity index (χ2n) is 5.34. The van der Waals surface area contributed by atoms with E-state index in [9.17, 15) is 4.79 Å². The molecule has 2 atom stereocenters. The predicted octanol–water partition coefficient (Wildman–Crippen LogP) is 4.06. The van der Waals surface area contributed by atoms with Crippen molar-refractivity contribution in [3.8, 4) is 0 Å². The van der Waals surface area contributed by atoms with Gasteiger partial charge in [-0.2, -0.15) is 0 Å². The number of amides is 1. The lowest BCUT2D eigenvalue weighted by atomic mass is 9.80. The Kier molecular flexibility index (Phi) is 3.51. The number of anilines is 1. The van der Waals surface area contributed by atoms with Crippen LogP contribution in [0.5, 0.6) is 0 Å². The molecule has 3 rings (SSSR count). The summed E-state index contributed by atoms with van der Waals surface area (Å²) in [7, 11) is 0. The van der Waals surface area contributed by atoms with Gasteiger partial charge in [0.2, 0.25) is 5.91 Å². The first-order valence-electron chi connectivity index (χ1n) is 6.90. The number of benzene rings is 1. The van der Waals surface area contributed by atoms with Gasteiger partial charge in [0.05, 0.1) is 10.2 Å². The molecule has 0 aliphatic heterocycles. The van der Waals surface area contributed by atoms with Crippen LogP contribution in [-0.2, 0) is 4.79 Å². The number of nitrogens with one attached hydrogen (secondary N) is 1. The molecule has 0 radical (unpaired) electrons. The van der Waals surface area contributed by atoms with Crippen LogP contribution < -0.4 is 5.32 Å². The highest BCUT2D eigenvalue weighted by molar-refractivity contribution is 7.22. The van der Waals surface area contributed by atoms with Crippen LogP contribution >= 0.6 is 11.3 Å². The third-order valence-corrected chi connectivity index (χ3v) is 4.92. The number of para-hydroxylation sites is 1. The van der Waals surface area contributed by atoms with Crippen LogP contribution in [-0.4, -0.2) is 10.9 Å². The predicted molar refractivity (Wildman–Crippen MR) is 79.4 cm³/mol. The van der Waals surface area contributed by atoms with Gasteiger partial charge in [-0.3, -0.25) is 4.79 Å². The number of carbonyl (C=O) groups is 1. The van der Waals surface area contributed by atoms with Gasteiger partial charge in [-0.15, -0.1) is 0 Å². The molecular formula is C15H18N2OS. The van der Waals surface area contributed by atoms with E-state index in [2.05, 4.69) is 17.2 Å². The van der Waals surface area contributed by atoms with Gasteiger partial charge in [-0.05, 0) is 30.9 Å². The first-order chi connectivity index (χ1) is 9.24. The highest BCUT2D eigenvalue weighted by Crippen LogP contribution is 2.32. The SMILES string of the molecule is CC1CCCCC1C(=O)Nc1nc2ccccc2s1. The molecule has 1 N–H and O–H groups in total.